The molecule has 2 aromatic rings. The lowest BCUT2D eigenvalue weighted by Gasteiger charge is -2.06. The maximum atomic E-state index is 12.2. The van der Waals surface area contributed by atoms with Crippen molar-refractivity contribution in [2.45, 2.75) is 0 Å². The molecule has 120 valence electrons. The molecule has 0 atom stereocenters. The lowest BCUT2D eigenvalue weighted by molar-refractivity contribution is -0.112. The Bertz CT molecular complexity index is 836. The number of carbonyl (C=O) groups excluding carboxylic acids is 2. The van der Waals surface area contributed by atoms with Gasteiger partial charge in [0.15, 0.2) is 0 Å². The highest BCUT2D eigenvalue weighted by atomic mass is 35.5. The van der Waals surface area contributed by atoms with E-state index in [-0.39, 0.29) is 5.57 Å². The van der Waals surface area contributed by atoms with Gasteiger partial charge in [-0.2, -0.15) is 5.26 Å². The van der Waals surface area contributed by atoms with Gasteiger partial charge < -0.3 is 10.1 Å². The summed E-state index contributed by atoms with van der Waals surface area (Å²) < 4.78 is 4.63. The van der Waals surface area contributed by atoms with Crippen LogP contribution in [0.3, 0.4) is 0 Å². The third kappa shape index (κ3) is 4.45. The summed E-state index contributed by atoms with van der Waals surface area (Å²) in [6.07, 6.45) is 1.45. The topological polar surface area (TPSA) is 79.2 Å². The second-order valence-electron chi connectivity index (χ2n) is 4.75. The number of methoxy groups -OCH3 is 1. The van der Waals surface area contributed by atoms with Crippen molar-refractivity contribution < 1.29 is 14.3 Å². The first-order valence-electron chi connectivity index (χ1n) is 6.90. The zero-order valence-electron chi connectivity index (χ0n) is 12.7. The molecule has 5 nitrogen and oxygen atoms in total. The normalized spacial score (nSPS) is 10.6. The molecule has 0 aliphatic carbocycles. The molecule has 0 heterocycles. The summed E-state index contributed by atoms with van der Waals surface area (Å²) in [5.41, 5.74) is 1.30. The third-order valence-corrected chi connectivity index (χ3v) is 3.34. The molecule has 0 unspecified atom stereocenters. The molecule has 0 saturated carbocycles. The van der Waals surface area contributed by atoms with Gasteiger partial charge in [0.05, 0.1) is 12.7 Å². The third-order valence-electron chi connectivity index (χ3n) is 3.09. The minimum Gasteiger partial charge on any atom is -0.465 e. The highest BCUT2D eigenvalue weighted by molar-refractivity contribution is 6.30. The first kappa shape index (κ1) is 17.3. The van der Waals surface area contributed by atoms with Gasteiger partial charge in [-0.05, 0) is 42.0 Å². The van der Waals surface area contributed by atoms with Crippen molar-refractivity contribution in [1.82, 2.24) is 0 Å². The van der Waals surface area contributed by atoms with Gasteiger partial charge in [-0.1, -0.05) is 29.8 Å². The number of hydrogen-bond donors (Lipinski definition) is 1. The smallest absolute Gasteiger partial charge is 0.337 e. The molecular formula is C18H13ClN2O3. The number of halogens is 1. The summed E-state index contributed by atoms with van der Waals surface area (Å²) in [4.78, 5) is 23.7. The number of benzene rings is 2. The number of rotatable bonds is 4. The highest BCUT2D eigenvalue weighted by Gasteiger charge is 2.11. The summed E-state index contributed by atoms with van der Waals surface area (Å²) in [6.45, 7) is 0. The van der Waals surface area contributed by atoms with Gasteiger partial charge in [-0.15, -0.1) is 0 Å². The average molecular weight is 341 g/mol. The molecule has 2 aromatic carbocycles. The number of anilines is 1. The largest absolute Gasteiger partial charge is 0.465 e. The van der Waals surface area contributed by atoms with Gasteiger partial charge in [0.1, 0.15) is 11.6 Å². The van der Waals surface area contributed by atoms with Crippen LogP contribution < -0.4 is 5.32 Å². The number of amides is 1. The monoisotopic (exact) mass is 340 g/mol. The van der Waals surface area contributed by atoms with Crippen LogP contribution in [-0.4, -0.2) is 19.0 Å². The number of esters is 1. The van der Waals surface area contributed by atoms with Crippen molar-refractivity contribution >= 4 is 35.2 Å². The van der Waals surface area contributed by atoms with Crippen molar-refractivity contribution in [2.75, 3.05) is 12.4 Å². The van der Waals surface area contributed by atoms with Crippen molar-refractivity contribution in [3.8, 4) is 6.07 Å². The van der Waals surface area contributed by atoms with Crippen LogP contribution >= 0.6 is 11.6 Å². The van der Waals surface area contributed by atoms with E-state index in [2.05, 4.69) is 10.1 Å². The fourth-order valence-corrected chi connectivity index (χ4v) is 2.04. The van der Waals surface area contributed by atoms with E-state index >= 15 is 0 Å². The predicted octanol–water partition coefficient (Wildman–Crippen LogP) is 3.67. The number of hydrogen-bond acceptors (Lipinski definition) is 4. The highest BCUT2D eigenvalue weighted by Crippen LogP contribution is 2.15. The van der Waals surface area contributed by atoms with E-state index in [1.54, 1.807) is 42.5 Å². The van der Waals surface area contributed by atoms with Crippen molar-refractivity contribution in [2.24, 2.45) is 0 Å². The Kier molecular flexibility index (Phi) is 5.72. The maximum absolute atomic E-state index is 12.2. The van der Waals surface area contributed by atoms with Crippen LogP contribution in [0.5, 0.6) is 0 Å². The van der Waals surface area contributed by atoms with Crippen LogP contribution in [0, 0.1) is 11.3 Å². The van der Waals surface area contributed by atoms with Crippen molar-refractivity contribution in [1.29, 1.82) is 5.26 Å². The lowest BCUT2D eigenvalue weighted by Crippen LogP contribution is -2.14. The molecule has 24 heavy (non-hydrogen) atoms. The molecule has 0 radical (unpaired) electrons. The standard InChI is InChI=1S/C18H13ClN2O3/c1-24-18(23)13-3-2-4-16(10-13)21-17(22)14(11-20)9-12-5-7-15(19)8-6-12/h2-10H,1H3,(H,21,22)/b14-9+. The molecule has 0 saturated heterocycles. The van der Waals surface area contributed by atoms with Crippen LogP contribution in [0.15, 0.2) is 54.1 Å². The molecular weight excluding hydrogens is 328 g/mol. The van der Waals surface area contributed by atoms with E-state index < -0.39 is 11.9 Å². The van der Waals surface area contributed by atoms with Gasteiger partial charge >= 0.3 is 5.97 Å². The fourth-order valence-electron chi connectivity index (χ4n) is 1.91. The molecule has 1 N–H and O–H groups in total. The molecule has 0 spiro atoms. The summed E-state index contributed by atoms with van der Waals surface area (Å²) in [6, 6.07) is 14.8. The predicted molar refractivity (Wildman–Crippen MR) is 91.5 cm³/mol. The van der Waals surface area contributed by atoms with Crippen LogP contribution in [0.25, 0.3) is 6.08 Å². The molecule has 2 rings (SSSR count). The Hall–Kier alpha value is -3.10. The number of nitrogens with one attached hydrogen (secondary N) is 1. The molecule has 0 aliphatic rings. The minimum atomic E-state index is -0.575. The summed E-state index contributed by atoms with van der Waals surface area (Å²) in [5, 5.41) is 12.3. The minimum absolute atomic E-state index is 0.0687. The first-order chi connectivity index (χ1) is 11.5. The van der Waals surface area contributed by atoms with E-state index in [0.29, 0.717) is 21.8 Å². The Morgan fingerprint density at radius 1 is 1.21 bits per heavy atom. The quantitative estimate of drug-likeness (QED) is 0.523. The Balaban J connectivity index is 2.19. The van der Waals surface area contributed by atoms with E-state index in [4.69, 9.17) is 11.6 Å². The number of nitrogens with zero attached hydrogens (tertiary/aromatic N) is 1. The molecule has 6 heteroatoms. The second-order valence-corrected chi connectivity index (χ2v) is 5.18. The van der Waals surface area contributed by atoms with E-state index in [9.17, 15) is 14.9 Å². The Morgan fingerprint density at radius 3 is 2.54 bits per heavy atom. The molecule has 1 amide bonds. The fraction of sp³-hybridized carbons (Fsp3) is 0.0556. The van der Waals surface area contributed by atoms with Gasteiger partial charge in [0, 0.05) is 10.7 Å². The van der Waals surface area contributed by atoms with Gasteiger partial charge in [-0.3, -0.25) is 4.79 Å². The van der Waals surface area contributed by atoms with Gasteiger partial charge in [0.2, 0.25) is 0 Å². The molecule has 0 aromatic heterocycles. The van der Waals surface area contributed by atoms with Crippen LogP contribution in [-0.2, 0) is 9.53 Å². The van der Waals surface area contributed by atoms with Crippen molar-refractivity contribution in [3.63, 3.8) is 0 Å². The zero-order valence-corrected chi connectivity index (χ0v) is 13.5. The van der Waals surface area contributed by atoms with Crippen LogP contribution in [0.1, 0.15) is 15.9 Å². The van der Waals surface area contributed by atoms with Gasteiger partial charge in [-0.25, -0.2) is 4.79 Å². The Labute approximate surface area is 144 Å². The maximum Gasteiger partial charge on any atom is 0.337 e. The van der Waals surface area contributed by atoms with Crippen molar-refractivity contribution in [3.05, 3.63) is 70.3 Å². The Morgan fingerprint density at radius 2 is 1.92 bits per heavy atom. The van der Waals surface area contributed by atoms with E-state index in [1.807, 2.05) is 6.07 Å². The first-order valence-corrected chi connectivity index (χ1v) is 7.28. The van der Waals surface area contributed by atoms with Gasteiger partial charge in [0.25, 0.3) is 5.91 Å². The second kappa shape index (κ2) is 7.95. The van der Waals surface area contributed by atoms with E-state index in [1.165, 1.54) is 19.3 Å². The number of nitriles is 1. The molecule has 0 bridgehead atoms. The summed E-state index contributed by atoms with van der Waals surface area (Å²) in [7, 11) is 1.27. The lowest BCUT2D eigenvalue weighted by atomic mass is 10.1. The number of carbonyl (C=O) groups is 2. The molecule has 0 fully saturated rings. The average Bonchev–Trinajstić information content (AvgIpc) is 2.60. The SMILES string of the molecule is COC(=O)c1cccc(NC(=O)/C(C#N)=C/c2ccc(Cl)cc2)c1. The summed E-state index contributed by atoms with van der Waals surface area (Å²) in [5.74, 6) is -1.09. The summed E-state index contributed by atoms with van der Waals surface area (Å²) >= 11 is 5.80. The number of ether oxygens (including phenoxy) is 1. The van der Waals surface area contributed by atoms with E-state index in [0.717, 1.165) is 0 Å². The molecule has 0 aliphatic heterocycles. The van der Waals surface area contributed by atoms with Crippen LogP contribution in [0.2, 0.25) is 5.02 Å². The van der Waals surface area contributed by atoms with Crippen LogP contribution in [0.4, 0.5) is 5.69 Å². The zero-order chi connectivity index (χ0) is 17.5.